The zero-order valence-electron chi connectivity index (χ0n) is 36.3. The number of nitrogens with zero attached hydrogens (tertiary/aromatic N) is 4. The van der Waals surface area contributed by atoms with Gasteiger partial charge in [-0.1, -0.05) is 111 Å². The molecule has 0 amide bonds. The predicted octanol–water partition coefficient (Wildman–Crippen LogP) is -5.18. The molecule has 16 heteroatoms. The van der Waals surface area contributed by atoms with Crippen LogP contribution in [0.1, 0.15) is 0 Å². The Morgan fingerprint density at radius 2 is 0.934 bits per heavy atom. The van der Waals surface area contributed by atoms with Crippen molar-refractivity contribution in [1.82, 2.24) is 19.5 Å². The van der Waals surface area contributed by atoms with E-state index in [1.165, 1.54) is 96.6 Å². The van der Waals surface area contributed by atoms with Crippen LogP contribution in [-0.2, 0) is 0 Å². The second-order valence-corrected chi connectivity index (χ2v) is 18.1. The molecule has 11 aromatic rings. The molecule has 0 aliphatic heterocycles. The maximum Gasteiger partial charge on any atom is 0.164 e. The molecule has 0 aliphatic carbocycles. The van der Waals surface area contributed by atoms with E-state index in [2.05, 4.69) is 113 Å². The van der Waals surface area contributed by atoms with Crippen LogP contribution in [0.2, 0.25) is 0 Å². The minimum absolute atomic E-state index is 0.610. The van der Waals surface area contributed by atoms with Crippen molar-refractivity contribution in [2.75, 3.05) is 0 Å². The van der Waals surface area contributed by atoms with Crippen molar-refractivity contribution in [3.63, 3.8) is 0 Å². The number of hydrogen-bond donors (Lipinski definition) is 0. The lowest BCUT2D eigenvalue weighted by Gasteiger charge is -2.16. The zero-order chi connectivity index (χ0) is 42.2. The number of benzene rings is 7. The average molecular weight is 789 g/mol. The SMILES string of the molecule is Bc1c(B)c(B)c2c(sc3c2c(B)c(B)c2c4c(B)c(B)c(B)c(B)c4n(-c4ccc5c(c4)oc4cccc(-c6nc(-c7ccccc7)nc(-c7ccccc7)n6)c45)c32)c1B. The van der Waals surface area contributed by atoms with Crippen molar-refractivity contribution in [1.29, 1.82) is 0 Å². The molecule has 0 saturated heterocycles. The molecule has 0 radical (unpaired) electrons. The highest BCUT2D eigenvalue weighted by Gasteiger charge is 2.27. The van der Waals surface area contributed by atoms with Gasteiger partial charge < -0.3 is 8.98 Å². The van der Waals surface area contributed by atoms with Gasteiger partial charge in [-0.15, -0.1) is 27.7 Å². The Morgan fingerprint density at radius 3 is 1.59 bits per heavy atom. The molecule has 0 N–H and O–H groups in total. The third kappa shape index (κ3) is 5.37. The predicted molar refractivity (Wildman–Crippen MR) is 292 cm³/mol. The summed E-state index contributed by atoms with van der Waals surface area (Å²) in [6.07, 6.45) is 0. The first-order chi connectivity index (χ1) is 29.4. The standard InChI is InChI=1S/C45H36B10N4OS/c46-29-26-25-30(47)33(50)35(52)37(54)39(25)59(40(26)42-28(31(29)48)27-32(49)34(51)36(53)38(55)41(27)61-42)19-14-15-20-23(16-19)60-22-13-7-12-21(24(20)22)45-57-43(17-8-3-1-4-9-17)56-44(58-45)18-10-5-2-6-11-18/h1-16H,46-55H2. The normalized spacial score (nSPS) is 11.9. The molecule has 61 heavy (non-hydrogen) atoms. The molecule has 5 nitrogen and oxygen atoms in total. The summed E-state index contributed by atoms with van der Waals surface area (Å²) in [5.41, 5.74) is 21.7. The number of fused-ring (bicyclic) bond motifs is 10. The van der Waals surface area contributed by atoms with Crippen molar-refractivity contribution in [2.45, 2.75) is 0 Å². The lowest BCUT2D eigenvalue weighted by Crippen LogP contribution is -2.48. The van der Waals surface area contributed by atoms with Gasteiger partial charge in [-0.05, 0) is 34.4 Å². The highest BCUT2D eigenvalue weighted by Crippen LogP contribution is 2.42. The number of furan rings is 1. The van der Waals surface area contributed by atoms with Gasteiger partial charge in [0.05, 0.1) is 10.2 Å². The molecule has 0 fully saturated rings. The Morgan fingerprint density at radius 1 is 0.410 bits per heavy atom. The molecule has 0 aliphatic rings. The van der Waals surface area contributed by atoms with Gasteiger partial charge in [-0.25, -0.2) is 15.0 Å². The first kappa shape index (κ1) is 38.0. The van der Waals surface area contributed by atoms with Crippen molar-refractivity contribution < 1.29 is 4.42 Å². The van der Waals surface area contributed by atoms with E-state index in [9.17, 15) is 0 Å². The van der Waals surface area contributed by atoms with Crippen LogP contribution in [0.4, 0.5) is 0 Å². The third-order valence-corrected chi connectivity index (χ3v) is 15.4. The summed E-state index contributed by atoms with van der Waals surface area (Å²) in [4.78, 5) is 15.2. The molecule has 4 aromatic heterocycles. The van der Waals surface area contributed by atoms with Crippen LogP contribution >= 0.6 is 11.3 Å². The topological polar surface area (TPSA) is 56.7 Å². The summed E-state index contributed by atoms with van der Waals surface area (Å²) in [7, 11) is 23.1. The van der Waals surface area contributed by atoms with E-state index in [0.717, 1.165) is 44.3 Å². The van der Waals surface area contributed by atoms with Gasteiger partial charge in [0.15, 0.2) is 17.5 Å². The van der Waals surface area contributed by atoms with E-state index in [-0.39, 0.29) is 0 Å². The molecule has 0 unspecified atom stereocenters. The zero-order valence-corrected chi connectivity index (χ0v) is 37.2. The van der Waals surface area contributed by atoms with Crippen LogP contribution in [0.15, 0.2) is 101 Å². The molecular formula is C45H36B10N4OS. The Balaban J connectivity index is 1.22. The van der Waals surface area contributed by atoms with E-state index >= 15 is 0 Å². The van der Waals surface area contributed by atoms with Gasteiger partial charge in [0.1, 0.15) is 89.6 Å². The van der Waals surface area contributed by atoms with Crippen molar-refractivity contribution in [2.24, 2.45) is 0 Å². The Kier molecular flexibility index (Phi) is 8.57. The fourth-order valence-electron chi connectivity index (χ4n) is 10.0. The quantitative estimate of drug-likeness (QED) is 0.168. The van der Waals surface area contributed by atoms with Crippen LogP contribution in [0.5, 0.6) is 0 Å². The number of rotatable bonds is 4. The van der Waals surface area contributed by atoms with Gasteiger partial charge in [0, 0.05) is 54.8 Å². The molecule has 278 valence electrons. The van der Waals surface area contributed by atoms with Crippen LogP contribution in [0.25, 0.3) is 104 Å². The van der Waals surface area contributed by atoms with Crippen LogP contribution < -0.4 is 54.6 Å². The Labute approximate surface area is 367 Å². The van der Waals surface area contributed by atoms with Gasteiger partial charge in [0.25, 0.3) is 0 Å². The van der Waals surface area contributed by atoms with Gasteiger partial charge in [-0.2, -0.15) is 0 Å². The summed E-state index contributed by atoms with van der Waals surface area (Å²) in [6.45, 7) is 0. The molecule has 7 aromatic carbocycles. The van der Waals surface area contributed by atoms with E-state index in [1.807, 2.05) is 78.1 Å². The second-order valence-electron chi connectivity index (χ2n) is 17.0. The van der Waals surface area contributed by atoms with Crippen molar-refractivity contribution >= 4 is 208 Å². The molecule has 11 rings (SSSR count). The fourth-order valence-corrected chi connectivity index (χ4v) is 11.5. The summed E-state index contributed by atoms with van der Waals surface area (Å²) in [5, 5.41) is 7.51. The molecule has 0 atom stereocenters. The highest BCUT2D eigenvalue weighted by atomic mass is 32.1. The number of aromatic nitrogens is 4. The monoisotopic (exact) mass is 790 g/mol. The summed E-state index contributed by atoms with van der Waals surface area (Å²) < 4.78 is 12.2. The summed E-state index contributed by atoms with van der Waals surface area (Å²) in [5.74, 6) is 1.87. The lowest BCUT2D eigenvalue weighted by atomic mass is 9.64. The smallest absolute Gasteiger partial charge is 0.164 e. The maximum atomic E-state index is 6.86. The van der Waals surface area contributed by atoms with Crippen LogP contribution in [0.3, 0.4) is 0 Å². The lowest BCUT2D eigenvalue weighted by molar-refractivity contribution is 0.668. The Bertz CT molecular complexity index is 3660. The summed E-state index contributed by atoms with van der Waals surface area (Å²) in [6, 6.07) is 33.2. The van der Waals surface area contributed by atoms with Crippen LogP contribution in [-0.4, -0.2) is 98.0 Å². The van der Waals surface area contributed by atoms with E-state index < -0.39 is 0 Å². The van der Waals surface area contributed by atoms with E-state index in [4.69, 9.17) is 19.4 Å². The van der Waals surface area contributed by atoms with Gasteiger partial charge >= 0.3 is 0 Å². The van der Waals surface area contributed by atoms with Gasteiger partial charge in [-0.3, -0.25) is 0 Å². The third-order valence-electron chi connectivity index (χ3n) is 14.1. The van der Waals surface area contributed by atoms with E-state index in [1.54, 1.807) is 0 Å². The average Bonchev–Trinajstić information content (AvgIpc) is 3.99. The minimum atomic E-state index is 0.610. The fraction of sp³-hybridized carbons (Fsp3) is 0. The first-order valence-corrected chi connectivity index (χ1v) is 21.9. The van der Waals surface area contributed by atoms with Crippen LogP contribution in [0, 0.1) is 0 Å². The van der Waals surface area contributed by atoms with Crippen molar-refractivity contribution in [3.05, 3.63) is 97.1 Å². The largest absolute Gasteiger partial charge is 0.456 e. The molecular weight excluding hydrogens is 753 g/mol. The van der Waals surface area contributed by atoms with Crippen molar-refractivity contribution in [3.8, 4) is 39.9 Å². The number of thiophene rings is 1. The minimum Gasteiger partial charge on any atom is -0.456 e. The first-order valence-electron chi connectivity index (χ1n) is 21.1. The number of hydrogen-bond acceptors (Lipinski definition) is 5. The summed E-state index contributed by atoms with van der Waals surface area (Å²) >= 11 is 1.96. The maximum absolute atomic E-state index is 6.86. The highest BCUT2D eigenvalue weighted by molar-refractivity contribution is 7.28. The Hall–Kier alpha value is -5.98. The molecule has 0 bridgehead atoms. The van der Waals surface area contributed by atoms with E-state index in [0.29, 0.717) is 17.5 Å². The molecule has 0 saturated carbocycles. The molecule has 0 spiro atoms. The van der Waals surface area contributed by atoms with Gasteiger partial charge in [0.2, 0.25) is 0 Å². The molecule has 4 heterocycles. The second kappa shape index (κ2) is 13.8.